The average molecular weight is 208 g/mol. The zero-order valence-corrected chi connectivity index (χ0v) is 7.67. The lowest BCUT2D eigenvalue weighted by molar-refractivity contribution is -0.142. The van der Waals surface area contributed by atoms with Gasteiger partial charge in [0.1, 0.15) is 30.9 Å². The highest BCUT2D eigenvalue weighted by Crippen LogP contribution is 2.06. The molecule has 0 bridgehead atoms. The maximum atomic E-state index is 10.2. The molecule has 2 aromatic heterocycles. The smallest absolute Gasteiger partial charge is 0.329 e. The molecule has 0 unspecified atom stereocenters. The molecule has 0 aliphatic carbocycles. The number of ether oxygens (including phenoxy) is 1. The molecule has 0 aromatic carbocycles. The lowest BCUT2D eigenvalue weighted by atomic mass is 10.6. The van der Waals surface area contributed by atoms with Gasteiger partial charge in [-0.3, -0.25) is 0 Å². The summed E-state index contributed by atoms with van der Waals surface area (Å²) in [7, 11) is 0. The van der Waals surface area contributed by atoms with E-state index in [0.717, 1.165) is 0 Å². The molecule has 0 aliphatic heterocycles. The van der Waals surface area contributed by atoms with E-state index < -0.39 is 5.97 Å². The lowest BCUT2D eigenvalue weighted by Crippen LogP contribution is -2.07. The van der Waals surface area contributed by atoms with Crippen LogP contribution in [-0.4, -0.2) is 37.6 Å². The molecule has 0 amide bonds. The topological polar surface area (TPSA) is 101 Å². The van der Waals surface area contributed by atoms with E-state index in [9.17, 15) is 4.79 Å². The van der Waals surface area contributed by atoms with Crippen LogP contribution in [0.5, 0.6) is 0 Å². The third-order valence-corrected chi connectivity index (χ3v) is 1.68. The predicted octanol–water partition coefficient (Wildman–Crippen LogP) is -0.0459. The first-order valence-corrected chi connectivity index (χ1v) is 4.20. The molecule has 7 heteroatoms. The van der Waals surface area contributed by atoms with Gasteiger partial charge in [0, 0.05) is 0 Å². The summed E-state index contributed by atoms with van der Waals surface area (Å²) in [5.41, 5.74) is 1.24. The number of aromatic amines is 1. The summed E-state index contributed by atoms with van der Waals surface area (Å²) < 4.78 is 4.87. The van der Waals surface area contributed by atoms with Gasteiger partial charge < -0.3 is 14.8 Å². The van der Waals surface area contributed by atoms with E-state index >= 15 is 0 Å². The van der Waals surface area contributed by atoms with Crippen LogP contribution < -0.4 is 0 Å². The Morgan fingerprint density at radius 3 is 3.20 bits per heavy atom. The highest BCUT2D eigenvalue weighted by Gasteiger charge is 2.04. The van der Waals surface area contributed by atoms with Crippen LogP contribution in [-0.2, 0) is 16.1 Å². The number of fused-ring (bicyclic) bond motifs is 1. The van der Waals surface area contributed by atoms with E-state index in [-0.39, 0.29) is 13.2 Å². The number of aromatic nitrogens is 4. The molecule has 0 spiro atoms. The number of hydrogen-bond donors (Lipinski definition) is 2. The van der Waals surface area contributed by atoms with Crippen LogP contribution in [0.3, 0.4) is 0 Å². The molecule has 0 radical (unpaired) electrons. The number of hydrogen-bond acceptors (Lipinski definition) is 5. The van der Waals surface area contributed by atoms with Crippen LogP contribution >= 0.6 is 0 Å². The third kappa shape index (κ3) is 2.26. The minimum absolute atomic E-state index is 0.114. The molecule has 7 nitrogen and oxygen atoms in total. The Morgan fingerprint density at radius 1 is 1.60 bits per heavy atom. The van der Waals surface area contributed by atoms with Gasteiger partial charge in [-0.05, 0) is 0 Å². The summed E-state index contributed by atoms with van der Waals surface area (Å²) in [6.45, 7) is -0.231. The second-order valence-electron chi connectivity index (χ2n) is 2.83. The van der Waals surface area contributed by atoms with Crippen molar-refractivity contribution in [3.05, 3.63) is 18.3 Å². The van der Waals surface area contributed by atoms with Crippen molar-refractivity contribution in [3.8, 4) is 0 Å². The Morgan fingerprint density at radius 2 is 2.47 bits per heavy atom. The van der Waals surface area contributed by atoms with Crippen LogP contribution in [0.15, 0.2) is 12.5 Å². The Labute approximate surface area is 84.1 Å². The summed E-state index contributed by atoms with van der Waals surface area (Å²) in [6.07, 6.45) is 2.99. The molecule has 2 rings (SSSR count). The molecule has 2 aromatic rings. The van der Waals surface area contributed by atoms with E-state index in [1.165, 1.54) is 6.33 Å². The number of aliphatic carboxylic acids is 1. The van der Waals surface area contributed by atoms with E-state index in [1.54, 1.807) is 6.20 Å². The fourth-order valence-electron chi connectivity index (χ4n) is 1.12. The molecule has 2 heterocycles. The average Bonchev–Trinajstić information content (AvgIpc) is 2.59. The van der Waals surface area contributed by atoms with Gasteiger partial charge in [0.05, 0.1) is 6.20 Å². The van der Waals surface area contributed by atoms with Crippen LogP contribution in [0, 0.1) is 0 Å². The van der Waals surface area contributed by atoms with Crippen molar-refractivity contribution in [3.63, 3.8) is 0 Å². The second kappa shape index (κ2) is 4.01. The molecule has 0 fully saturated rings. The quantitative estimate of drug-likeness (QED) is 0.730. The Balaban J connectivity index is 2.05. The molecule has 78 valence electrons. The lowest BCUT2D eigenvalue weighted by Gasteiger charge is -1.95. The first-order valence-electron chi connectivity index (χ1n) is 4.20. The molecule has 0 atom stereocenters. The van der Waals surface area contributed by atoms with Crippen molar-refractivity contribution in [1.82, 2.24) is 19.9 Å². The van der Waals surface area contributed by atoms with Crippen molar-refractivity contribution in [2.24, 2.45) is 0 Å². The maximum Gasteiger partial charge on any atom is 0.329 e. The largest absolute Gasteiger partial charge is 0.480 e. The fourth-order valence-corrected chi connectivity index (χ4v) is 1.12. The number of nitrogens with zero attached hydrogens (tertiary/aromatic N) is 3. The molecular weight excluding hydrogens is 200 g/mol. The van der Waals surface area contributed by atoms with E-state index in [0.29, 0.717) is 17.0 Å². The highest BCUT2D eigenvalue weighted by molar-refractivity contribution is 5.69. The second-order valence-corrected chi connectivity index (χ2v) is 2.83. The fraction of sp³-hybridized carbons (Fsp3) is 0.250. The molecular formula is C8H8N4O3. The Hall–Kier alpha value is -2.02. The summed E-state index contributed by atoms with van der Waals surface area (Å²) >= 11 is 0. The molecule has 0 aliphatic rings. The number of nitrogens with one attached hydrogen (secondary N) is 1. The van der Waals surface area contributed by atoms with E-state index in [1.807, 2.05) is 0 Å². The van der Waals surface area contributed by atoms with E-state index in [4.69, 9.17) is 9.84 Å². The van der Waals surface area contributed by atoms with Gasteiger partial charge in [-0.1, -0.05) is 0 Å². The third-order valence-electron chi connectivity index (χ3n) is 1.68. The summed E-state index contributed by atoms with van der Waals surface area (Å²) in [4.78, 5) is 24.9. The van der Waals surface area contributed by atoms with Gasteiger partial charge in [-0.2, -0.15) is 0 Å². The number of rotatable bonds is 4. The van der Waals surface area contributed by atoms with Gasteiger partial charge in [-0.15, -0.1) is 0 Å². The van der Waals surface area contributed by atoms with Crippen molar-refractivity contribution in [2.45, 2.75) is 6.61 Å². The molecule has 0 saturated carbocycles. The zero-order valence-electron chi connectivity index (χ0n) is 7.67. The van der Waals surface area contributed by atoms with Crippen LogP contribution in [0.4, 0.5) is 0 Å². The van der Waals surface area contributed by atoms with Crippen molar-refractivity contribution in [1.29, 1.82) is 0 Å². The SMILES string of the molecule is O=C(O)COCc1nc2ncncc2[nH]1. The van der Waals surface area contributed by atoms with Crippen LogP contribution in [0.25, 0.3) is 11.2 Å². The standard InChI is InChI=1S/C8H8N4O3/c13-7(14)3-15-2-6-11-5-1-9-4-10-8(5)12-6/h1,4H,2-3H2,(H,13,14)(H,9,10,11,12). The van der Waals surface area contributed by atoms with Gasteiger partial charge in [0.15, 0.2) is 5.65 Å². The van der Waals surface area contributed by atoms with Gasteiger partial charge in [0.25, 0.3) is 0 Å². The first kappa shape index (κ1) is 9.53. The monoisotopic (exact) mass is 208 g/mol. The predicted molar refractivity (Wildman–Crippen MR) is 49.0 cm³/mol. The summed E-state index contributed by atoms with van der Waals surface area (Å²) in [6, 6.07) is 0. The van der Waals surface area contributed by atoms with Crippen LogP contribution in [0.2, 0.25) is 0 Å². The van der Waals surface area contributed by atoms with Crippen molar-refractivity contribution >= 4 is 17.1 Å². The molecule has 15 heavy (non-hydrogen) atoms. The molecule has 0 saturated heterocycles. The van der Waals surface area contributed by atoms with E-state index in [2.05, 4.69) is 19.9 Å². The number of carboxylic acids is 1. The van der Waals surface area contributed by atoms with Crippen LogP contribution in [0.1, 0.15) is 5.82 Å². The molecule has 2 N–H and O–H groups in total. The van der Waals surface area contributed by atoms with Crippen molar-refractivity contribution in [2.75, 3.05) is 6.61 Å². The van der Waals surface area contributed by atoms with Gasteiger partial charge in [-0.25, -0.2) is 19.7 Å². The number of imidazole rings is 1. The maximum absolute atomic E-state index is 10.2. The summed E-state index contributed by atoms with van der Waals surface area (Å²) in [5.74, 6) is -0.474. The normalized spacial score (nSPS) is 10.7. The summed E-state index contributed by atoms with van der Waals surface area (Å²) in [5, 5.41) is 8.35. The minimum Gasteiger partial charge on any atom is -0.480 e. The Kier molecular flexibility index (Phi) is 2.55. The highest BCUT2D eigenvalue weighted by atomic mass is 16.5. The number of carboxylic acid groups (broad SMARTS) is 1. The first-order chi connectivity index (χ1) is 7.25. The number of carbonyl (C=O) groups is 1. The Bertz CT molecular complexity index is 448. The minimum atomic E-state index is -1.01. The number of H-pyrrole nitrogens is 1. The van der Waals surface area contributed by atoms with Gasteiger partial charge in [0.2, 0.25) is 0 Å². The zero-order chi connectivity index (χ0) is 10.7. The van der Waals surface area contributed by atoms with Crippen molar-refractivity contribution < 1.29 is 14.6 Å². The van der Waals surface area contributed by atoms with Gasteiger partial charge >= 0.3 is 5.97 Å².